The predicted molar refractivity (Wildman–Crippen MR) is 209 cm³/mol. The van der Waals surface area contributed by atoms with Crippen molar-refractivity contribution in [1.82, 2.24) is 45.2 Å². The van der Waals surface area contributed by atoms with Gasteiger partial charge in [0.05, 0.1) is 5.71 Å². The van der Waals surface area contributed by atoms with Crippen LogP contribution in [0.15, 0.2) is 145 Å². The van der Waals surface area contributed by atoms with Crippen molar-refractivity contribution in [3.8, 4) is 22.8 Å². The van der Waals surface area contributed by atoms with E-state index in [9.17, 15) is 0 Å². The highest BCUT2D eigenvalue weighted by Gasteiger charge is 2.28. The van der Waals surface area contributed by atoms with Gasteiger partial charge in [-0.25, -0.2) is 34.9 Å². The van der Waals surface area contributed by atoms with Gasteiger partial charge in [-0.15, -0.1) is 0 Å². The summed E-state index contributed by atoms with van der Waals surface area (Å²) in [5.74, 6) is 1.97. The molecule has 10 nitrogen and oxygen atoms in total. The average molecular weight is 683 g/mol. The number of rotatable bonds is 2. The van der Waals surface area contributed by atoms with Crippen molar-refractivity contribution < 1.29 is 0 Å². The zero-order valence-electron chi connectivity index (χ0n) is 27.9. The summed E-state index contributed by atoms with van der Waals surface area (Å²) in [4.78, 5) is 43.0. The molecule has 0 atom stereocenters. The Morgan fingerprint density at radius 2 is 0.811 bits per heavy atom. The molecule has 0 saturated heterocycles. The maximum atomic E-state index is 5.29. The summed E-state index contributed by atoms with van der Waals surface area (Å²) < 4.78 is 0. The maximum Gasteiger partial charge on any atom is 0.184 e. The van der Waals surface area contributed by atoms with Gasteiger partial charge in [0.1, 0.15) is 34.0 Å². The highest BCUT2D eigenvalue weighted by molar-refractivity contribution is 6.17. The molecule has 5 aromatic carbocycles. The van der Waals surface area contributed by atoms with Gasteiger partial charge in [0.25, 0.3) is 0 Å². The van der Waals surface area contributed by atoms with Crippen LogP contribution in [0, 0.1) is 0 Å². The molecule has 0 spiro atoms. The van der Waals surface area contributed by atoms with Crippen LogP contribution >= 0.6 is 0 Å². The quantitative estimate of drug-likeness (QED) is 0.167. The number of aromatic nitrogens is 8. The van der Waals surface area contributed by atoms with Crippen LogP contribution in [-0.2, 0) is 0 Å². The Morgan fingerprint density at radius 1 is 0.377 bits per heavy atom. The second kappa shape index (κ2) is 11.5. The minimum absolute atomic E-state index is 0.410. The number of aliphatic imine (C=N–C) groups is 1. The first-order chi connectivity index (χ1) is 26.2. The standard InChI is InChI=1S/C43H26N10/c1-3-13-24(14-4-1)32-23-33(25-15-5-2-6-16-25)45-35-34(44-32)42-51-40-30-21-11-9-19-28(30)38(49-40)47-36-26-17-7-8-18-27(26)37(46-36)48-39-29-20-10-12-22-31(29)41(50-39)52-43(35)53-42/h1-23,44H,(H2,46,47,48,49,50,51,52,53). The van der Waals surface area contributed by atoms with E-state index in [0.29, 0.717) is 57.3 Å². The van der Waals surface area contributed by atoms with E-state index in [1.54, 1.807) is 0 Å². The number of nitrogens with zero attached hydrogens (tertiary/aromatic N) is 7. The number of aromatic amines is 2. The van der Waals surface area contributed by atoms with Gasteiger partial charge in [-0.05, 0) is 11.6 Å². The molecule has 0 aliphatic carbocycles. The molecule has 8 aromatic rings. The minimum atomic E-state index is 0.410. The lowest BCUT2D eigenvalue weighted by Gasteiger charge is -2.11. The van der Waals surface area contributed by atoms with Crippen molar-refractivity contribution in [3.05, 3.63) is 162 Å². The average Bonchev–Trinajstić information content (AvgIpc) is 3.89. The third-order valence-electron chi connectivity index (χ3n) is 9.65. The zero-order chi connectivity index (χ0) is 34.9. The van der Waals surface area contributed by atoms with Crippen molar-refractivity contribution in [1.29, 1.82) is 0 Å². The molecule has 53 heavy (non-hydrogen) atoms. The van der Waals surface area contributed by atoms with Crippen LogP contribution < -0.4 is 5.32 Å². The molecule has 3 aliphatic heterocycles. The van der Waals surface area contributed by atoms with E-state index in [1.807, 2.05) is 109 Å². The van der Waals surface area contributed by atoms with Gasteiger partial charge in [0, 0.05) is 43.9 Å². The van der Waals surface area contributed by atoms with Crippen LogP contribution in [-0.4, -0.2) is 45.6 Å². The molecule has 0 saturated carbocycles. The van der Waals surface area contributed by atoms with Crippen molar-refractivity contribution in [2.75, 3.05) is 0 Å². The summed E-state index contributed by atoms with van der Waals surface area (Å²) in [6, 6.07) is 44.4. The van der Waals surface area contributed by atoms with Gasteiger partial charge in [0.2, 0.25) is 0 Å². The van der Waals surface area contributed by atoms with Crippen molar-refractivity contribution in [3.63, 3.8) is 0 Å². The van der Waals surface area contributed by atoms with Crippen LogP contribution in [0.5, 0.6) is 0 Å². The Balaban J connectivity index is 1.28. The summed E-state index contributed by atoms with van der Waals surface area (Å²) in [5.41, 5.74) is 9.06. The first-order valence-electron chi connectivity index (χ1n) is 17.3. The summed E-state index contributed by atoms with van der Waals surface area (Å²) in [5, 5.41) is 7.29. The molecule has 3 N–H and O–H groups in total. The van der Waals surface area contributed by atoms with Crippen LogP contribution in [0.3, 0.4) is 0 Å². The van der Waals surface area contributed by atoms with Crippen molar-refractivity contribution >= 4 is 66.9 Å². The highest BCUT2D eigenvalue weighted by atomic mass is 15.1. The summed E-state index contributed by atoms with van der Waals surface area (Å²) in [6.07, 6.45) is 2.07. The SMILES string of the molecule is C1=C(c2ccccc2)NC2=C(N=C1c1ccccc1)c1nc2nc2[nH]c(nc3nc(nc4[nH]c(n1)c1ccccc41)-c1ccccc1-3)c1ccccc21. The van der Waals surface area contributed by atoms with E-state index in [1.165, 1.54) is 0 Å². The Bertz CT molecular complexity index is 3080. The van der Waals surface area contributed by atoms with Crippen LogP contribution in [0.2, 0.25) is 0 Å². The zero-order valence-corrected chi connectivity index (χ0v) is 27.9. The fourth-order valence-electron chi connectivity index (χ4n) is 7.12. The van der Waals surface area contributed by atoms with Crippen LogP contribution in [0.25, 0.3) is 84.0 Å². The Labute approximate surface area is 301 Å². The normalized spacial score (nSPS) is 13.6. The molecule has 0 radical (unpaired) electrons. The Kier molecular flexibility index (Phi) is 6.31. The van der Waals surface area contributed by atoms with Gasteiger partial charge in [-0.3, -0.25) is 0 Å². The second-order valence-electron chi connectivity index (χ2n) is 12.9. The first-order valence-corrected chi connectivity index (χ1v) is 17.3. The summed E-state index contributed by atoms with van der Waals surface area (Å²) in [6.45, 7) is 0. The summed E-state index contributed by atoms with van der Waals surface area (Å²) in [7, 11) is 0. The molecular formula is C43H26N10. The molecule has 3 aliphatic rings. The molecule has 6 heterocycles. The van der Waals surface area contributed by atoms with E-state index in [0.717, 1.165) is 55.2 Å². The molecule has 0 amide bonds. The molecule has 0 unspecified atom stereocenters. The number of benzene rings is 5. The monoisotopic (exact) mass is 682 g/mol. The van der Waals surface area contributed by atoms with Crippen molar-refractivity contribution in [2.24, 2.45) is 4.99 Å². The fourth-order valence-corrected chi connectivity index (χ4v) is 7.12. The highest BCUT2D eigenvalue weighted by Crippen LogP contribution is 2.36. The lowest BCUT2D eigenvalue weighted by molar-refractivity contribution is 1.09. The molecule has 11 rings (SSSR count). The van der Waals surface area contributed by atoms with Crippen molar-refractivity contribution in [2.45, 2.75) is 0 Å². The predicted octanol–water partition coefficient (Wildman–Crippen LogP) is 8.49. The Morgan fingerprint density at radius 3 is 1.36 bits per heavy atom. The van der Waals surface area contributed by atoms with Gasteiger partial charge in [-0.1, -0.05) is 133 Å². The maximum absolute atomic E-state index is 5.29. The van der Waals surface area contributed by atoms with Crippen LogP contribution in [0.1, 0.15) is 22.8 Å². The summed E-state index contributed by atoms with van der Waals surface area (Å²) >= 11 is 0. The Hall–Kier alpha value is -7.59. The van der Waals surface area contributed by atoms with Gasteiger partial charge in [-0.2, -0.15) is 0 Å². The topological polar surface area (TPSA) is 133 Å². The number of fused-ring (bicyclic) bond motifs is 19. The van der Waals surface area contributed by atoms with E-state index < -0.39 is 0 Å². The second-order valence-corrected chi connectivity index (χ2v) is 12.9. The first kappa shape index (κ1) is 29.2. The van der Waals surface area contributed by atoms with E-state index >= 15 is 0 Å². The molecule has 248 valence electrons. The van der Waals surface area contributed by atoms with E-state index in [-0.39, 0.29) is 0 Å². The number of hydrogen-bond donors (Lipinski definition) is 3. The number of allylic oxidation sites excluding steroid dienone is 1. The third kappa shape index (κ3) is 4.77. The number of H-pyrrole nitrogens is 2. The minimum Gasteiger partial charge on any atom is -0.350 e. The van der Waals surface area contributed by atoms with Crippen LogP contribution in [0.4, 0.5) is 0 Å². The molecule has 0 fully saturated rings. The van der Waals surface area contributed by atoms with Gasteiger partial charge >= 0.3 is 0 Å². The van der Waals surface area contributed by atoms with Gasteiger partial charge < -0.3 is 15.3 Å². The lowest BCUT2D eigenvalue weighted by Crippen LogP contribution is -2.12. The molecule has 10 heteroatoms. The largest absolute Gasteiger partial charge is 0.350 e. The van der Waals surface area contributed by atoms with Gasteiger partial charge in [0.15, 0.2) is 23.3 Å². The van der Waals surface area contributed by atoms with E-state index in [4.69, 9.17) is 34.9 Å². The molecule has 3 aromatic heterocycles. The number of nitrogens with one attached hydrogen (secondary N) is 3. The fraction of sp³-hybridized carbons (Fsp3) is 0. The molecule has 8 bridgehead atoms. The molecular weight excluding hydrogens is 657 g/mol. The third-order valence-corrected chi connectivity index (χ3v) is 9.65. The lowest BCUT2D eigenvalue weighted by atomic mass is 10.1. The smallest absolute Gasteiger partial charge is 0.184 e. The van der Waals surface area contributed by atoms with E-state index in [2.05, 4.69) is 45.6 Å². The number of hydrogen-bond acceptors (Lipinski definition) is 8.